The van der Waals surface area contributed by atoms with Gasteiger partial charge in [0.05, 0.1) is 0 Å². The van der Waals surface area contributed by atoms with Crippen LogP contribution in [0.25, 0.3) is 0 Å². The number of rotatable bonds is 4. The monoisotopic (exact) mass is 251 g/mol. The van der Waals surface area contributed by atoms with Crippen LogP contribution < -0.4 is 0 Å². The minimum Gasteiger partial charge on any atom is -0.303 e. The Morgan fingerprint density at radius 3 is 2.82 bits per heavy atom. The average molecular weight is 251 g/mol. The fraction of sp³-hybridized carbons (Fsp3) is 0.692. The van der Waals surface area contributed by atoms with Gasteiger partial charge < -0.3 is 4.90 Å². The maximum atomic E-state index is 4.32. The van der Waals surface area contributed by atoms with Crippen molar-refractivity contribution in [1.29, 1.82) is 0 Å². The molecule has 1 aromatic heterocycles. The molecule has 1 aliphatic heterocycles. The van der Waals surface area contributed by atoms with Crippen molar-refractivity contribution in [2.24, 2.45) is 0 Å². The van der Waals surface area contributed by atoms with Crippen LogP contribution >= 0.6 is 11.8 Å². The van der Waals surface area contributed by atoms with Gasteiger partial charge in [0, 0.05) is 24.2 Å². The summed E-state index contributed by atoms with van der Waals surface area (Å²) >= 11 is 1.78. The van der Waals surface area contributed by atoms with E-state index in [2.05, 4.69) is 21.9 Å². The Balaban J connectivity index is 1.73. The van der Waals surface area contributed by atoms with Gasteiger partial charge in [0.2, 0.25) is 0 Å². The summed E-state index contributed by atoms with van der Waals surface area (Å²) in [5, 5.41) is 0.911. The molecule has 1 fully saturated rings. The molecule has 1 aliphatic rings. The van der Waals surface area contributed by atoms with E-state index in [0.29, 0.717) is 0 Å². The lowest BCUT2D eigenvalue weighted by molar-refractivity contribution is 0.182. The van der Waals surface area contributed by atoms with E-state index < -0.39 is 0 Å². The summed E-state index contributed by atoms with van der Waals surface area (Å²) in [5.74, 6) is 1.12. The predicted molar refractivity (Wildman–Crippen MR) is 72.4 cm³/mol. The third kappa shape index (κ3) is 3.96. The molecule has 1 atom stereocenters. The molecule has 0 aromatic carbocycles. The number of aromatic nitrogens is 2. The summed E-state index contributed by atoms with van der Waals surface area (Å²) < 4.78 is 0. The maximum Gasteiger partial charge on any atom is 0.187 e. The quantitative estimate of drug-likeness (QED) is 0.608. The van der Waals surface area contributed by atoms with E-state index in [9.17, 15) is 0 Å². The fourth-order valence-corrected chi connectivity index (χ4v) is 3.08. The summed E-state index contributed by atoms with van der Waals surface area (Å²) in [4.78, 5) is 11.1. The molecule has 2 heterocycles. The zero-order valence-electron chi connectivity index (χ0n) is 10.7. The Morgan fingerprint density at radius 1 is 1.35 bits per heavy atom. The van der Waals surface area contributed by atoms with Crippen molar-refractivity contribution in [3.63, 3.8) is 0 Å². The third-order valence-corrected chi connectivity index (χ3v) is 4.27. The fourth-order valence-electron chi connectivity index (χ4n) is 2.25. The van der Waals surface area contributed by atoms with Crippen molar-refractivity contribution < 1.29 is 0 Å². The van der Waals surface area contributed by atoms with Gasteiger partial charge in [-0.1, -0.05) is 18.2 Å². The first-order valence-corrected chi connectivity index (χ1v) is 7.36. The molecule has 4 heteroatoms. The Morgan fingerprint density at radius 2 is 2.12 bits per heavy atom. The summed E-state index contributed by atoms with van der Waals surface area (Å²) in [6.45, 7) is 3.28. The highest BCUT2D eigenvalue weighted by Crippen LogP contribution is 2.21. The molecule has 3 nitrogen and oxygen atoms in total. The van der Waals surface area contributed by atoms with E-state index in [1.165, 1.54) is 32.2 Å². The maximum absolute atomic E-state index is 4.32. The van der Waals surface area contributed by atoms with Gasteiger partial charge in [-0.25, -0.2) is 9.97 Å². The van der Waals surface area contributed by atoms with Gasteiger partial charge in [-0.3, -0.25) is 0 Å². The first kappa shape index (κ1) is 12.8. The van der Waals surface area contributed by atoms with Crippen molar-refractivity contribution >= 4 is 11.8 Å². The van der Waals surface area contributed by atoms with Crippen LogP contribution in [0.2, 0.25) is 0 Å². The number of hydrogen-bond acceptors (Lipinski definition) is 4. The predicted octanol–water partition coefficient (Wildman–Crippen LogP) is 2.75. The number of thioether (sulfide) groups is 1. The zero-order chi connectivity index (χ0) is 12.1. The lowest BCUT2D eigenvalue weighted by Crippen LogP contribution is -2.36. The van der Waals surface area contributed by atoms with Crippen LogP contribution in [-0.2, 0) is 0 Å². The largest absolute Gasteiger partial charge is 0.303 e. The van der Waals surface area contributed by atoms with E-state index in [1.54, 1.807) is 11.8 Å². The standard InChI is InChI=1S/C13H21N3S/c1-11-9-14-13(15-10-11)17-8-6-12-5-3-4-7-16(12)2/h9-10,12H,3-8H2,1-2H3/t12-/m0/s1. The van der Waals surface area contributed by atoms with Gasteiger partial charge in [0.1, 0.15) is 0 Å². The molecule has 0 amide bonds. The van der Waals surface area contributed by atoms with E-state index in [-0.39, 0.29) is 0 Å². The van der Waals surface area contributed by atoms with Gasteiger partial charge in [0.15, 0.2) is 5.16 Å². The molecule has 1 aromatic rings. The van der Waals surface area contributed by atoms with Crippen molar-refractivity contribution in [3.8, 4) is 0 Å². The molecule has 0 spiro atoms. The van der Waals surface area contributed by atoms with E-state index in [1.807, 2.05) is 19.3 Å². The smallest absolute Gasteiger partial charge is 0.187 e. The molecule has 0 N–H and O–H groups in total. The summed E-state index contributed by atoms with van der Waals surface area (Å²) in [7, 11) is 2.25. The van der Waals surface area contributed by atoms with Crippen molar-refractivity contribution in [3.05, 3.63) is 18.0 Å². The lowest BCUT2D eigenvalue weighted by Gasteiger charge is -2.32. The summed E-state index contributed by atoms with van der Waals surface area (Å²) in [6.07, 6.45) is 9.14. The van der Waals surface area contributed by atoms with E-state index in [0.717, 1.165) is 22.5 Å². The molecule has 0 unspecified atom stereocenters. The van der Waals surface area contributed by atoms with Gasteiger partial charge in [-0.2, -0.15) is 0 Å². The molecule has 94 valence electrons. The number of piperidine rings is 1. The van der Waals surface area contributed by atoms with Crippen LogP contribution in [-0.4, -0.2) is 40.3 Å². The second-order valence-electron chi connectivity index (χ2n) is 4.81. The summed E-state index contributed by atoms with van der Waals surface area (Å²) in [6, 6.07) is 0.765. The zero-order valence-corrected chi connectivity index (χ0v) is 11.5. The van der Waals surface area contributed by atoms with Gasteiger partial charge in [-0.05, 0) is 45.3 Å². The lowest BCUT2D eigenvalue weighted by atomic mass is 10.0. The van der Waals surface area contributed by atoms with E-state index >= 15 is 0 Å². The molecule has 0 bridgehead atoms. The van der Waals surface area contributed by atoms with Crippen LogP contribution in [0.15, 0.2) is 17.6 Å². The normalized spacial score (nSPS) is 21.6. The molecule has 1 saturated heterocycles. The second-order valence-corrected chi connectivity index (χ2v) is 5.87. The first-order chi connectivity index (χ1) is 8.25. The molecule has 0 saturated carbocycles. The van der Waals surface area contributed by atoms with Crippen molar-refractivity contribution in [2.45, 2.75) is 43.8 Å². The topological polar surface area (TPSA) is 29.0 Å². The van der Waals surface area contributed by atoms with Crippen molar-refractivity contribution in [1.82, 2.24) is 14.9 Å². The Kier molecular flexibility index (Phi) is 4.80. The van der Waals surface area contributed by atoms with Crippen LogP contribution in [0.5, 0.6) is 0 Å². The SMILES string of the molecule is Cc1cnc(SCC[C@@H]2CCCCN2C)nc1. The molecule has 0 radical (unpaired) electrons. The third-order valence-electron chi connectivity index (χ3n) is 3.36. The first-order valence-electron chi connectivity index (χ1n) is 6.37. The molecule has 0 aliphatic carbocycles. The average Bonchev–Trinajstić information content (AvgIpc) is 2.34. The highest BCUT2D eigenvalue weighted by Gasteiger charge is 2.18. The second kappa shape index (κ2) is 6.36. The van der Waals surface area contributed by atoms with Gasteiger partial charge >= 0.3 is 0 Å². The molecular formula is C13H21N3S. The Hall–Kier alpha value is -0.610. The Labute approximate surface area is 108 Å². The van der Waals surface area contributed by atoms with Crippen LogP contribution in [0, 0.1) is 6.92 Å². The summed E-state index contributed by atoms with van der Waals surface area (Å²) in [5.41, 5.74) is 1.13. The van der Waals surface area contributed by atoms with E-state index in [4.69, 9.17) is 0 Å². The Bertz CT molecular complexity index is 339. The highest BCUT2D eigenvalue weighted by molar-refractivity contribution is 7.99. The number of likely N-dealkylation sites (tertiary alicyclic amines) is 1. The van der Waals surface area contributed by atoms with Crippen molar-refractivity contribution in [2.75, 3.05) is 19.3 Å². The van der Waals surface area contributed by atoms with Gasteiger partial charge in [-0.15, -0.1) is 0 Å². The highest BCUT2D eigenvalue weighted by atomic mass is 32.2. The number of hydrogen-bond donors (Lipinski definition) is 0. The van der Waals surface area contributed by atoms with Crippen LogP contribution in [0.1, 0.15) is 31.2 Å². The minimum atomic E-state index is 0.765. The van der Waals surface area contributed by atoms with Gasteiger partial charge in [0.25, 0.3) is 0 Å². The molecule has 17 heavy (non-hydrogen) atoms. The molecule has 2 rings (SSSR count). The number of aryl methyl sites for hydroxylation is 1. The van der Waals surface area contributed by atoms with Crippen LogP contribution in [0.3, 0.4) is 0 Å². The number of nitrogens with zero attached hydrogens (tertiary/aromatic N) is 3. The van der Waals surface area contributed by atoms with Crippen LogP contribution in [0.4, 0.5) is 0 Å². The molecular weight excluding hydrogens is 230 g/mol. The minimum absolute atomic E-state index is 0.765.